The maximum atomic E-state index is 12.7. The van der Waals surface area contributed by atoms with Gasteiger partial charge in [-0.1, -0.05) is 13.3 Å². The number of aromatic nitrogens is 1. The molecule has 1 aromatic heterocycles. The molecule has 3 rings (SSSR count). The molecule has 1 fully saturated rings. The maximum Gasteiger partial charge on any atom is 0.416 e. The fourth-order valence-corrected chi connectivity index (χ4v) is 4.05. The van der Waals surface area contributed by atoms with E-state index >= 15 is 0 Å². The molecule has 6 heteroatoms. The summed E-state index contributed by atoms with van der Waals surface area (Å²) in [6.45, 7) is 5.82. The number of likely N-dealkylation sites (tertiary alicyclic amines) is 1. The molecule has 1 aliphatic heterocycles. The van der Waals surface area contributed by atoms with E-state index in [0.29, 0.717) is 24.2 Å². The Kier molecular flexibility index (Phi) is 6.70. The van der Waals surface area contributed by atoms with Crippen molar-refractivity contribution in [2.24, 2.45) is 13.0 Å². The van der Waals surface area contributed by atoms with Gasteiger partial charge >= 0.3 is 6.18 Å². The second-order valence-electron chi connectivity index (χ2n) is 7.69. The van der Waals surface area contributed by atoms with E-state index in [1.165, 1.54) is 30.7 Å². The summed E-state index contributed by atoms with van der Waals surface area (Å²) in [5.74, 6) is 1.19. The van der Waals surface area contributed by atoms with E-state index in [0.717, 1.165) is 38.2 Å². The predicted octanol–water partition coefficient (Wildman–Crippen LogP) is 5.33. The first-order chi connectivity index (χ1) is 13.4. The van der Waals surface area contributed by atoms with Gasteiger partial charge in [0.05, 0.1) is 12.2 Å². The van der Waals surface area contributed by atoms with Crippen LogP contribution in [0.5, 0.6) is 5.75 Å². The first-order valence-corrected chi connectivity index (χ1v) is 10.0. The zero-order valence-corrected chi connectivity index (χ0v) is 16.6. The molecular weight excluding hydrogens is 365 g/mol. The van der Waals surface area contributed by atoms with Gasteiger partial charge in [-0.25, -0.2) is 0 Å². The van der Waals surface area contributed by atoms with E-state index in [4.69, 9.17) is 4.74 Å². The summed E-state index contributed by atoms with van der Waals surface area (Å²) in [5.41, 5.74) is 0.654. The fourth-order valence-electron chi connectivity index (χ4n) is 4.05. The van der Waals surface area contributed by atoms with Crippen molar-refractivity contribution in [3.63, 3.8) is 0 Å². The number of hydrogen-bond donors (Lipinski definition) is 0. The topological polar surface area (TPSA) is 17.4 Å². The van der Waals surface area contributed by atoms with Gasteiger partial charge in [0, 0.05) is 37.3 Å². The largest absolute Gasteiger partial charge is 0.493 e. The van der Waals surface area contributed by atoms with Crippen molar-refractivity contribution in [1.82, 2.24) is 9.47 Å². The zero-order valence-electron chi connectivity index (χ0n) is 16.6. The molecule has 0 radical (unpaired) electrons. The van der Waals surface area contributed by atoms with Crippen molar-refractivity contribution in [2.45, 2.75) is 38.3 Å². The smallest absolute Gasteiger partial charge is 0.416 e. The number of rotatable bonds is 7. The average Bonchev–Trinajstić information content (AvgIpc) is 3.10. The standard InChI is InChI=1S/C22H29F3N2O/c1-3-4-13-27-14-11-20(21-6-5-12-26(21)2)17(15-27)16-28-19-9-7-18(8-10-19)22(23,24)25/h5-10,12,17,20H,3-4,11,13-16H2,1-2H3. The third-order valence-electron chi connectivity index (χ3n) is 5.66. The summed E-state index contributed by atoms with van der Waals surface area (Å²) in [5, 5.41) is 0. The fraction of sp³-hybridized carbons (Fsp3) is 0.545. The van der Waals surface area contributed by atoms with Gasteiger partial charge in [0.25, 0.3) is 0 Å². The van der Waals surface area contributed by atoms with E-state index in [-0.39, 0.29) is 0 Å². The highest BCUT2D eigenvalue weighted by Gasteiger charge is 2.32. The molecule has 0 aliphatic carbocycles. The number of hydrogen-bond acceptors (Lipinski definition) is 2. The van der Waals surface area contributed by atoms with Gasteiger partial charge in [0.15, 0.2) is 0 Å². The second kappa shape index (κ2) is 9.03. The summed E-state index contributed by atoms with van der Waals surface area (Å²) in [7, 11) is 2.06. The van der Waals surface area contributed by atoms with Crippen LogP contribution < -0.4 is 4.74 Å². The molecule has 2 atom stereocenters. The Balaban J connectivity index is 1.68. The van der Waals surface area contributed by atoms with Crippen LogP contribution >= 0.6 is 0 Å². The van der Waals surface area contributed by atoms with Gasteiger partial charge in [-0.3, -0.25) is 0 Å². The minimum Gasteiger partial charge on any atom is -0.493 e. The predicted molar refractivity (Wildman–Crippen MR) is 105 cm³/mol. The van der Waals surface area contributed by atoms with Crippen LogP contribution in [-0.4, -0.2) is 35.7 Å². The Labute approximate surface area is 165 Å². The molecule has 3 nitrogen and oxygen atoms in total. The van der Waals surface area contributed by atoms with Crippen molar-refractivity contribution in [3.05, 3.63) is 53.9 Å². The van der Waals surface area contributed by atoms with E-state index < -0.39 is 11.7 Å². The molecule has 2 heterocycles. The van der Waals surface area contributed by atoms with Gasteiger partial charge in [0.2, 0.25) is 0 Å². The lowest BCUT2D eigenvalue weighted by atomic mass is 9.83. The quantitative estimate of drug-likeness (QED) is 0.632. The van der Waals surface area contributed by atoms with Gasteiger partial charge < -0.3 is 14.2 Å². The van der Waals surface area contributed by atoms with Crippen LogP contribution in [0.15, 0.2) is 42.6 Å². The molecule has 0 amide bonds. The van der Waals surface area contributed by atoms with Crippen molar-refractivity contribution >= 4 is 0 Å². The summed E-state index contributed by atoms with van der Waals surface area (Å²) in [6, 6.07) is 9.22. The molecule has 1 aliphatic rings. The van der Waals surface area contributed by atoms with E-state index in [9.17, 15) is 13.2 Å². The normalized spacial score (nSPS) is 21.0. The van der Waals surface area contributed by atoms with Crippen LogP contribution in [-0.2, 0) is 13.2 Å². The SMILES string of the molecule is CCCCN1CCC(c2cccn2C)C(COc2ccc(C(F)(F)F)cc2)C1. The van der Waals surface area contributed by atoms with Gasteiger partial charge in [-0.2, -0.15) is 13.2 Å². The molecule has 0 saturated carbocycles. The highest BCUT2D eigenvalue weighted by Crippen LogP contribution is 2.34. The Hall–Kier alpha value is -1.95. The zero-order chi connectivity index (χ0) is 20.1. The molecule has 0 N–H and O–H groups in total. The minimum absolute atomic E-state index is 0.307. The lowest BCUT2D eigenvalue weighted by Crippen LogP contribution is -2.42. The van der Waals surface area contributed by atoms with E-state index in [2.05, 4.69) is 41.8 Å². The molecule has 28 heavy (non-hydrogen) atoms. The molecule has 154 valence electrons. The number of piperidine rings is 1. The highest BCUT2D eigenvalue weighted by atomic mass is 19.4. The van der Waals surface area contributed by atoms with Crippen LogP contribution in [0, 0.1) is 5.92 Å². The van der Waals surface area contributed by atoms with Gasteiger partial charge in [0.1, 0.15) is 5.75 Å². The summed E-state index contributed by atoms with van der Waals surface area (Å²) in [6.07, 6.45) is 1.17. The minimum atomic E-state index is -4.32. The summed E-state index contributed by atoms with van der Waals surface area (Å²) < 4.78 is 46.3. The number of aryl methyl sites for hydroxylation is 1. The number of benzene rings is 1. The third-order valence-corrected chi connectivity index (χ3v) is 5.66. The molecule has 2 aromatic rings. The highest BCUT2D eigenvalue weighted by molar-refractivity contribution is 5.29. The van der Waals surface area contributed by atoms with Gasteiger partial charge in [-0.15, -0.1) is 0 Å². The van der Waals surface area contributed by atoms with Crippen molar-refractivity contribution in [3.8, 4) is 5.75 Å². The Morgan fingerprint density at radius 3 is 2.50 bits per heavy atom. The van der Waals surface area contributed by atoms with E-state index in [1.54, 1.807) is 0 Å². The van der Waals surface area contributed by atoms with Crippen molar-refractivity contribution in [2.75, 3.05) is 26.2 Å². The maximum absolute atomic E-state index is 12.7. The van der Waals surface area contributed by atoms with Gasteiger partial charge in [-0.05, 0) is 62.3 Å². The number of unbranched alkanes of at least 4 members (excludes halogenated alkanes) is 1. The lowest BCUT2D eigenvalue weighted by molar-refractivity contribution is -0.137. The molecule has 1 saturated heterocycles. The van der Waals surface area contributed by atoms with Crippen molar-refractivity contribution in [1.29, 1.82) is 0 Å². The van der Waals surface area contributed by atoms with Crippen LogP contribution in [0.2, 0.25) is 0 Å². The average molecular weight is 394 g/mol. The first kappa shape index (κ1) is 20.8. The number of nitrogens with zero attached hydrogens (tertiary/aromatic N) is 2. The van der Waals surface area contributed by atoms with Crippen LogP contribution in [0.25, 0.3) is 0 Å². The second-order valence-corrected chi connectivity index (χ2v) is 7.69. The number of halogens is 3. The molecule has 1 aromatic carbocycles. The van der Waals surface area contributed by atoms with Crippen LogP contribution in [0.4, 0.5) is 13.2 Å². The third kappa shape index (κ3) is 5.10. The van der Waals surface area contributed by atoms with E-state index in [1.807, 2.05) is 0 Å². The number of ether oxygens (including phenoxy) is 1. The van der Waals surface area contributed by atoms with Crippen molar-refractivity contribution < 1.29 is 17.9 Å². The Morgan fingerprint density at radius 1 is 1.14 bits per heavy atom. The molecular formula is C22H29F3N2O. The molecule has 2 unspecified atom stereocenters. The monoisotopic (exact) mass is 394 g/mol. The Morgan fingerprint density at radius 2 is 1.89 bits per heavy atom. The van der Waals surface area contributed by atoms with Crippen LogP contribution in [0.3, 0.4) is 0 Å². The summed E-state index contributed by atoms with van der Waals surface area (Å²) in [4.78, 5) is 2.49. The Bertz CT molecular complexity index is 739. The number of alkyl halides is 3. The lowest BCUT2D eigenvalue weighted by Gasteiger charge is -2.38. The van der Waals surface area contributed by atoms with Crippen LogP contribution in [0.1, 0.15) is 43.4 Å². The molecule has 0 bridgehead atoms. The first-order valence-electron chi connectivity index (χ1n) is 10.0. The summed E-state index contributed by atoms with van der Waals surface area (Å²) >= 11 is 0. The molecule has 0 spiro atoms.